The van der Waals surface area contributed by atoms with E-state index in [4.69, 9.17) is 10.5 Å². The number of nitrogens with zero attached hydrogens (tertiary/aromatic N) is 1. The summed E-state index contributed by atoms with van der Waals surface area (Å²) in [6.07, 6.45) is 0.114. The standard InChI is InChI=1S/C19H34N2O2/c1-13(2)12-23-18-8-7-15(11-16(18)14(3)4)19(22)17(20)9-10-21(5)6/h7-8,11,13-14,17,19,22H,9-10,12,20H2,1-6H3. The summed E-state index contributed by atoms with van der Waals surface area (Å²) in [7, 11) is 4.02. The van der Waals surface area contributed by atoms with Gasteiger partial charge in [-0.25, -0.2) is 0 Å². The van der Waals surface area contributed by atoms with Crippen LogP contribution < -0.4 is 10.5 Å². The van der Waals surface area contributed by atoms with Gasteiger partial charge in [0.2, 0.25) is 0 Å². The average Bonchev–Trinajstić information content (AvgIpc) is 2.49. The lowest BCUT2D eigenvalue weighted by Crippen LogP contribution is -2.32. The van der Waals surface area contributed by atoms with Gasteiger partial charge in [0.1, 0.15) is 5.75 Å². The van der Waals surface area contributed by atoms with Crippen molar-refractivity contribution in [2.75, 3.05) is 27.2 Å². The lowest BCUT2D eigenvalue weighted by atomic mass is 9.94. The second-order valence-corrected chi connectivity index (χ2v) is 7.36. The Morgan fingerprint density at radius 2 is 1.83 bits per heavy atom. The summed E-state index contributed by atoms with van der Waals surface area (Å²) in [6.45, 7) is 10.1. The Labute approximate surface area is 141 Å². The molecule has 2 atom stereocenters. The van der Waals surface area contributed by atoms with Crippen molar-refractivity contribution >= 4 is 0 Å². The van der Waals surface area contributed by atoms with Gasteiger partial charge < -0.3 is 20.5 Å². The van der Waals surface area contributed by atoms with Gasteiger partial charge in [0.05, 0.1) is 12.7 Å². The molecule has 0 radical (unpaired) electrons. The zero-order valence-corrected chi connectivity index (χ0v) is 15.5. The average molecular weight is 322 g/mol. The number of rotatable bonds is 9. The maximum Gasteiger partial charge on any atom is 0.122 e. The van der Waals surface area contributed by atoms with Gasteiger partial charge in [0.15, 0.2) is 0 Å². The summed E-state index contributed by atoms with van der Waals surface area (Å²) in [5.41, 5.74) is 8.15. The molecule has 23 heavy (non-hydrogen) atoms. The van der Waals surface area contributed by atoms with E-state index in [1.54, 1.807) is 0 Å². The van der Waals surface area contributed by atoms with Crippen LogP contribution >= 0.6 is 0 Å². The molecule has 1 rings (SSSR count). The van der Waals surface area contributed by atoms with Crippen LogP contribution in [0.3, 0.4) is 0 Å². The molecule has 0 aliphatic carbocycles. The minimum absolute atomic E-state index is 0.264. The number of hydrogen-bond donors (Lipinski definition) is 2. The number of aliphatic hydroxyl groups excluding tert-OH is 1. The highest BCUT2D eigenvalue weighted by atomic mass is 16.5. The van der Waals surface area contributed by atoms with Crippen LogP contribution in [0, 0.1) is 5.92 Å². The van der Waals surface area contributed by atoms with Gasteiger partial charge in [-0.3, -0.25) is 0 Å². The first kappa shape index (κ1) is 19.9. The van der Waals surface area contributed by atoms with E-state index < -0.39 is 6.10 Å². The zero-order chi connectivity index (χ0) is 17.6. The lowest BCUT2D eigenvalue weighted by molar-refractivity contribution is 0.137. The van der Waals surface area contributed by atoms with Crippen LogP contribution in [-0.2, 0) is 0 Å². The van der Waals surface area contributed by atoms with E-state index in [1.807, 2.05) is 32.3 Å². The molecule has 1 aromatic rings. The highest BCUT2D eigenvalue weighted by Crippen LogP contribution is 2.31. The third-order valence-electron chi connectivity index (χ3n) is 3.88. The van der Waals surface area contributed by atoms with Gasteiger partial charge >= 0.3 is 0 Å². The van der Waals surface area contributed by atoms with Crippen molar-refractivity contribution in [3.05, 3.63) is 29.3 Å². The largest absolute Gasteiger partial charge is 0.493 e. The Bertz CT molecular complexity index is 472. The van der Waals surface area contributed by atoms with Crippen LogP contribution in [0.15, 0.2) is 18.2 Å². The van der Waals surface area contributed by atoms with E-state index in [1.165, 1.54) is 0 Å². The van der Waals surface area contributed by atoms with Crippen LogP contribution in [0.5, 0.6) is 5.75 Å². The van der Waals surface area contributed by atoms with E-state index >= 15 is 0 Å². The molecule has 4 heteroatoms. The Morgan fingerprint density at radius 3 is 2.35 bits per heavy atom. The fourth-order valence-corrected chi connectivity index (χ4v) is 2.40. The van der Waals surface area contributed by atoms with Gasteiger partial charge in [-0.2, -0.15) is 0 Å². The van der Waals surface area contributed by atoms with Crippen molar-refractivity contribution in [2.24, 2.45) is 11.7 Å². The van der Waals surface area contributed by atoms with E-state index in [0.29, 0.717) is 18.4 Å². The van der Waals surface area contributed by atoms with E-state index in [-0.39, 0.29) is 6.04 Å². The summed E-state index contributed by atoms with van der Waals surface area (Å²) >= 11 is 0. The normalized spacial score (nSPS) is 14.6. The van der Waals surface area contributed by atoms with Gasteiger partial charge in [0, 0.05) is 6.04 Å². The molecule has 0 aliphatic heterocycles. The maximum absolute atomic E-state index is 10.5. The lowest BCUT2D eigenvalue weighted by Gasteiger charge is -2.23. The third kappa shape index (κ3) is 6.50. The van der Waals surface area contributed by atoms with Crippen molar-refractivity contribution in [1.82, 2.24) is 4.90 Å². The Morgan fingerprint density at radius 1 is 1.17 bits per heavy atom. The Kier molecular flexibility index (Phi) is 8.03. The van der Waals surface area contributed by atoms with Crippen molar-refractivity contribution in [3.8, 4) is 5.75 Å². The monoisotopic (exact) mass is 322 g/mol. The molecule has 0 spiro atoms. The fourth-order valence-electron chi connectivity index (χ4n) is 2.40. The van der Waals surface area contributed by atoms with Crippen LogP contribution in [0.25, 0.3) is 0 Å². The molecule has 0 saturated heterocycles. The highest BCUT2D eigenvalue weighted by molar-refractivity contribution is 5.40. The molecule has 0 aromatic heterocycles. The quantitative estimate of drug-likeness (QED) is 0.733. The predicted octanol–water partition coefficient (Wildman–Crippen LogP) is 3.16. The SMILES string of the molecule is CC(C)COc1ccc(C(O)C(N)CCN(C)C)cc1C(C)C. The first-order valence-corrected chi connectivity index (χ1v) is 8.57. The molecule has 0 aliphatic rings. The number of ether oxygens (including phenoxy) is 1. The van der Waals surface area contributed by atoms with Crippen LogP contribution in [-0.4, -0.2) is 43.3 Å². The molecule has 4 nitrogen and oxygen atoms in total. The molecular formula is C19H34N2O2. The second kappa shape index (κ2) is 9.26. The van der Waals surface area contributed by atoms with Crippen molar-refractivity contribution in [3.63, 3.8) is 0 Å². The third-order valence-corrected chi connectivity index (χ3v) is 3.88. The van der Waals surface area contributed by atoms with Gasteiger partial charge in [-0.05, 0) is 62.2 Å². The summed E-state index contributed by atoms with van der Waals surface area (Å²) in [5, 5.41) is 10.5. The summed E-state index contributed by atoms with van der Waals surface area (Å²) in [5.74, 6) is 1.73. The summed E-state index contributed by atoms with van der Waals surface area (Å²) in [6, 6.07) is 5.68. The number of benzene rings is 1. The highest BCUT2D eigenvalue weighted by Gasteiger charge is 2.19. The Hall–Kier alpha value is -1.10. The number of aliphatic hydroxyl groups is 1. The molecular weight excluding hydrogens is 288 g/mol. The molecule has 0 amide bonds. The summed E-state index contributed by atoms with van der Waals surface area (Å²) < 4.78 is 5.91. The van der Waals surface area contributed by atoms with Crippen LogP contribution in [0.1, 0.15) is 57.3 Å². The maximum atomic E-state index is 10.5. The van der Waals surface area contributed by atoms with Gasteiger partial charge in [-0.15, -0.1) is 0 Å². The number of nitrogens with two attached hydrogens (primary N) is 1. The van der Waals surface area contributed by atoms with E-state index in [0.717, 1.165) is 29.8 Å². The van der Waals surface area contributed by atoms with Crippen molar-refractivity contribution < 1.29 is 9.84 Å². The number of hydrogen-bond acceptors (Lipinski definition) is 4. The van der Waals surface area contributed by atoms with Crippen molar-refractivity contribution in [1.29, 1.82) is 0 Å². The molecule has 132 valence electrons. The molecule has 0 bridgehead atoms. The second-order valence-electron chi connectivity index (χ2n) is 7.36. The smallest absolute Gasteiger partial charge is 0.122 e. The summed E-state index contributed by atoms with van der Waals surface area (Å²) in [4.78, 5) is 2.08. The fraction of sp³-hybridized carbons (Fsp3) is 0.684. The minimum Gasteiger partial charge on any atom is -0.493 e. The molecule has 0 fully saturated rings. The topological polar surface area (TPSA) is 58.7 Å². The Balaban J connectivity index is 2.89. The van der Waals surface area contributed by atoms with E-state index in [2.05, 4.69) is 32.6 Å². The molecule has 1 aromatic carbocycles. The first-order chi connectivity index (χ1) is 10.7. The predicted molar refractivity (Wildman–Crippen MR) is 97.0 cm³/mol. The van der Waals surface area contributed by atoms with Crippen LogP contribution in [0.4, 0.5) is 0 Å². The van der Waals surface area contributed by atoms with Gasteiger partial charge in [0.25, 0.3) is 0 Å². The van der Waals surface area contributed by atoms with Crippen molar-refractivity contribution in [2.45, 2.75) is 52.2 Å². The first-order valence-electron chi connectivity index (χ1n) is 8.57. The molecule has 0 heterocycles. The van der Waals surface area contributed by atoms with Gasteiger partial charge in [-0.1, -0.05) is 33.8 Å². The molecule has 0 saturated carbocycles. The van der Waals surface area contributed by atoms with Crippen LogP contribution in [0.2, 0.25) is 0 Å². The molecule has 3 N–H and O–H groups in total. The minimum atomic E-state index is -0.647. The zero-order valence-electron chi connectivity index (χ0n) is 15.5. The van der Waals surface area contributed by atoms with E-state index in [9.17, 15) is 5.11 Å². The molecule has 2 unspecified atom stereocenters.